The van der Waals surface area contributed by atoms with Crippen molar-refractivity contribution < 1.29 is 9.53 Å². The number of methoxy groups -OCH3 is 1. The van der Waals surface area contributed by atoms with Crippen LogP contribution in [0.2, 0.25) is 0 Å². The first kappa shape index (κ1) is 18.1. The third kappa shape index (κ3) is 3.56. The molecule has 0 atom stereocenters. The standard InChI is InChI=1S/C19H21N7O2/c1-12(27)23-16-9-13(3-4-22-16)18-24-14-10-21-11-15(28-2)17(14)19(25-18)26-7-5-20-6-8-26/h3-4,9-11,20H,5-8H2,1-2H3,(H,22,23,27). The maximum absolute atomic E-state index is 11.3. The summed E-state index contributed by atoms with van der Waals surface area (Å²) in [6.07, 6.45) is 5.02. The summed E-state index contributed by atoms with van der Waals surface area (Å²) in [6.45, 7) is 4.89. The van der Waals surface area contributed by atoms with Crippen molar-refractivity contribution in [2.75, 3.05) is 43.5 Å². The van der Waals surface area contributed by atoms with Crippen molar-refractivity contribution in [3.8, 4) is 17.1 Å². The van der Waals surface area contributed by atoms with Crippen molar-refractivity contribution >= 4 is 28.4 Å². The summed E-state index contributed by atoms with van der Waals surface area (Å²) in [7, 11) is 1.62. The van der Waals surface area contributed by atoms with Gasteiger partial charge in [-0.05, 0) is 12.1 Å². The molecule has 3 aromatic rings. The van der Waals surface area contributed by atoms with Crippen LogP contribution in [0.25, 0.3) is 22.3 Å². The molecule has 0 unspecified atom stereocenters. The number of hydrogen-bond acceptors (Lipinski definition) is 8. The van der Waals surface area contributed by atoms with Gasteiger partial charge in [-0.3, -0.25) is 9.78 Å². The van der Waals surface area contributed by atoms with E-state index >= 15 is 0 Å². The Morgan fingerprint density at radius 3 is 2.82 bits per heavy atom. The van der Waals surface area contributed by atoms with Gasteiger partial charge in [0.25, 0.3) is 0 Å². The average molecular weight is 379 g/mol. The highest BCUT2D eigenvalue weighted by Crippen LogP contribution is 2.33. The van der Waals surface area contributed by atoms with Gasteiger partial charge in [-0.2, -0.15) is 0 Å². The summed E-state index contributed by atoms with van der Waals surface area (Å²) in [5.74, 6) is 2.29. The van der Waals surface area contributed by atoms with Gasteiger partial charge in [-0.1, -0.05) is 0 Å². The van der Waals surface area contributed by atoms with E-state index < -0.39 is 0 Å². The molecule has 0 spiro atoms. The number of aromatic nitrogens is 4. The number of hydrogen-bond donors (Lipinski definition) is 2. The van der Waals surface area contributed by atoms with Crippen LogP contribution < -0.4 is 20.3 Å². The fraction of sp³-hybridized carbons (Fsp3) is 0.316. The molecule has 1 aliphatic heterocycles. The minimum atomic E-state index is -0.181. The normalized spacial score (nSPS) is 14.1. The molecule has 0 radical (unpaired) electrons. The average Bonchev–Trinajstić information content (AvgIpc) is 2.73. The number of anilines is 2. The molecule has 1 saturated heterocycles. The van der Waals surface area contributed by atoms with Gasteiger partial charge >= 0.3 is 0 Å². The van der Waals surface area contributed by atoms with E-state index in [1.165, 1.54) is 6.92 Å². The zero-order chi connectivity index (χ0) is 19.5. The van der Waals surface area contributed by atoms with Gasteiger partial charge in [-0.25, -0.2) is 15.0 Å². The van der Waals surface area contributed by atoms with Crippen molar-refractivity contribution in [2.24, 2.45) is 0 Å². The maximum Gasteiger partial charge on any atom is 0.222 e. The molecule has 144 valence electrons. The van der Waals surface area contributed by atoms with E-state index in [2.05, 4.69) is 25.5 Å². The molecule has 0 bridgehead atoms. The number of nitrogens with zero attached hydrogens (tertiary/aromatic N) is 5. The molecule has 1 fully saturated rings. The molecule has 4 heterocycles. The monoisotopic (exact) mass is 379 g/mol. The van der Waals surface area contributed by atoms with E-state index in [9.17, 15) is 4.79 Å². The third-order valence-corrected chi connectivity index (χ3v) is 4.51. The van der Waals surface area contributed by atoms with Crippen LogP contribution in [0.3, 0.4) is 0 Å². The molecule has 9 nitrogen and oxygen atoms in total. The fourth-order valence-electron chi connectivity index (χ4n) is 3.24. The lowest BCUT2D eigenvalue weighted by Gasteiger charge is -2.29. The second-order valence-corrected chi connectivity index (χ2v) is 6.45. The highest BCUT2D eigenvalue weighted by molar-refractivity contribution is 5.95. The summed E-state index contributed by atoms with van der Waals surface area (Å²) in [6, 6.07) is 3.58. The smallest absolute Gasteiger partial charge is 0.222 e. The topological polar surface area (TPSA) is 105 Å². The van der Waals surface area contributed by atoms with Crippen molar-refractivity contribution in [1.29, 1.82) is 0 Å². The summed E-state index contributed by atoms with van der Waals surface area (Å²) >= 11 is 0. The van der Waals surface area contributed by atoms with E-state index in [1.54, 1.807) is 31.8 Å². The Bertz CT molecular complexity index is 1020. The molecule has 28 heavy (non-hydrogen) atoms. The van der Waals surface area contributed by atoms with Gasteiger partial charge in [0.2, 0.25) is 5.91 Å². The van der Waals surface area contributed by atoms with Gasteiger partial charge in [0.15, 0.2) is 5.82 Å². The SMILES string of the molecule is COc1cncc2nc(-c3ccnc(NC(C)=O)c3)nc(N3CCNCC3)c12. The number of rotatable bonds is 4. The number of carbonyl (C=O) groups is 1. The van der Waals surface area contributed by atoms with Crippen LogP contribution >= 0.6 is 0 Å². The minimum Gasteiger partial charge on any atom is -0.494 e. The summed E-state index contributed by atoms with van der Waals surface area (Å²) < 4.78 is 5.53. The predicted molar refractivity (Wildman–Crippen MR) is 107 cm³/mol. The Balaban J connectivity index is 1.87. The maximum atomic E-state index is 11.3. The van der Waals surface area contributed by atoms with Crippen molar-refractivity contribution in [3.05, 3.63) is 30.7 Å². The predicted octanol–water partition coefficient (Wildman–Crippen LogP) is 1.46. The second kappa shape index (κ2) is 7.73. The van der Waals surface area contributed by atoms with Crippen LogP contribution in [0, 0.1) is 0 Å². The van der Waals surface area contributed by atoms with Gasteiger partial charge in [0.05, 0.1) is 30.4 Å². The molecule has 1 amide bonds. The molecule has 0 aromatic carbocycles. The largest absolute Gasteiger partial charge is 0.494 e. The van der Waals surface area contributed by atoms with E-state index in [0.29, 0.717) is 22.9 Å². The van der Waals surface area contributed by atoms with E-state index in [0.717, 1.165) is 42.9 Å². The summed E-state index contributed by atoms with van der Waals surface area (Å²) in [5.41, 5.74) is 1.47. The molecular weight excluding hydrogens is 358 g/mol. The minimum absolute atomic E-state index is 0.181. The Kier molecular flexibility index (Phi) is 4.98. The molecule has 0 saturated carbocycles. The first-order valence-electron chi connectivity index (χ1n) is 9.05. The third-order valence-electron chi connectivity index (χ3n) is 4.51. The van der Waals surface area contributed by atoms with Crippen molar-refractivity contribution in [3.63, 3.8) is 0 Å². The quantitative estimate of drug-likeness (QED) is 0.702. The number of pyridine rings is 2. The van der Waals surface area contributed by atoms with Gasteiger partial charge in [0, 0.05) is 44.9 Å². The molecule has 4 rings (SSSR count). The van der Waals surface area contributed by atoms with E-state index in [4.69, 9.17) is 14.7 Å². The molecule has 9 heteroatoms. The molecule has 2 N–H and O–H groups in total. The number of fused-ring (bicyclic) bond motifs is 1. The zero-order valence-corrected chi connectivity index (χ0v) is 15.8. The Labute approximate surface area is 162 Å². The van der Waals surface area contributed by atoms with Crippen molar-refractivity contribution in [2.45, 2.75) is 6.92 Å². The van der Waals surface area contributed by atoms with Crippen LogP contribution in [0.4, 0.5) is 11.6 Å². The van der Waals surface area contributed by atoms with Crippen LogP contribution in [0.15, 0.2) is 30.7 Å². The number of piperazine rings is 1. The van der Waals surface area contributed by atoms with E-state index in [1.807, 2.05) is 6.07 Å². The molecule has 0 aliphatic carbocycles. The Hall–Kier alpha value is -3.33. The first-order valence-corrected chi connectivity index (χ1v) is 9.05. The first-order chi connectivity index (χ1) is 13.7. The molecular formula is C19H21N7O2. The highest BCUT2D eigenvalue weighted by Gasteiger charge is 2.20. The highest BCUT2D eigenvalue weighted by atomic mass is 16.5. The molecule has 3 aromatic heterocycles. The lowest BCUT2D eigenvalue weighted by molar-refractivity contribution is -0.114. The van der Waals surface area contributed by atoms with Gasteiger partial charge in [0.1, 0.15) is 17.4 Å². The van der Waals surface area contributed by atoms with Crippen molar-refractivity contribution in [1.82, 2.24) is 25.3 Å². The number of nitrogens with one attached hydrogen (secondary N) is 2. The van der Waals surface area contributed by atoms with E-state index in [-0.39, 0.29) is 5.91 Å². The second-order valence-electron chi connectivity index (χ2n) is 6.45. The van der Waals surface area contributed by atoms with Crippen LogP contribution in [0.1, 0.15) is 6.92 Å². The Morgan fingerprint density at radius 2 is 2.07 bits per heavy atom. The van der Waals surface area contributed by atoms with Gasteiger partial charge in [-0.15, -0.1) is 0 Å². The number of ether oxygens (including phenoxy) is 1. The fourth-order valence-corrected chi connectivity index (χ4v) is 3.24. The Morgan fingerprint density at radius 1 is 1.25 bits per heavy atom. The zero-order valence-electron chi connectivity index (χ0n) is 15.8. The number of carbonyl (C=O) groups excluding carboxylic acids is 1. The van der Waals surface area contributed by atoms with Crippen LogP contribution in [-0.4, -0.2) is 59.1 Å². The van der Waals surface area contributed by atoms with Crippen LogP contribution in [-0.2, 0) is 4.79 Å². The van der Waals surface area contributed by atoms with Gasteiger partial charge < -0.3 is 20.3 Å². The molecule has 1 aliphatic rings. The summed E-state index contributed by atoms with van der Waals surface area (Å²) in [5, 5.41) is 6.89. The van der Waals surface area contributed by atoms with Crippen LogP contribution in [0.5, 0.6) is 5.75 Å². The summed E-state index contributed by atoms with van der Waals surface area (Å²) in [4.78, 5) is 31.5. The lowest BCUT2D eigenvalue weighted by atomic mass is 10.2. The number of amides is 1. The lowest BCUT2D eigenvalue weighted by Crippen LogP contribution is -2.44.